The van der Waals surface area contributed by atoms with Gasteiger partial charge in [0.05, 0.1) is 12.8 Å². The van der Waals surface area contributed by atoms with E-state index in [1.807, 2.05) is 27.7 Å². The van der Waals surface area contributed by atoms with E-state index in [-0.39, 0.29) is 37.9 Å². The molecule has 0 aromatic carbocycles. The van der Waals surface area contributed by atoms with Gasteiger partial charge in [-0.25, -0.2) is 0 Å². The highest BCUT2D eigenvalue weighted by molar-refractivity contribution is 8.77. The zero-order chi connectivity index (χ0) is 29.3. The molecule has 1 amide bonds. The lowest BCUT2D eigenvalue weighted by atomic mass is 10.1. The number of thiol groups is 2. The van der Waals surface area contributed by atoms with Crippen molar-refractivity contribution in [2.75, 3.05) is 31.2 Å². The molecule has 1 heterocycles. The highest BCUT2D eigenvalue weighted by atomic mass is 33.1. The van der Waals surface area contributed by atoms with Crippen molar-refractivity contribution in [1.82, 2.24) is 10.6 Å². The van der Waals surface area contributed by atoms with Crippen LogP contribution in [-0.2, 0) is 23.9 Å². The van der Waals surface area contributed by atoms with Crippen LogP contribution in [0.2, 0.25) is 0 Å². The normalized spacial score (nSPS) is 17.6. The number of esters is 1. The lowest BCUT2D eigenvalue weighted by molar-refractivity contribution is -0.151. The van der Waals surface area contributed by atoms with E-state index < -0.39 is 12.3 Å². The maximum Gasteiger partial charge on any atom is 0.307 e. The Morgan fingerprint density at radius 3 is 2.65 bits per heavy atom. The number of nitrogens with one attached hydrogen (secondary N) is 2. The molecule has 8 nitrogen and oxygen atoms in total. The van der Waals surface area contributed by atoms with E-state index in [0.717, 1.165) is 50.6 Å². The number of hydrogen-bond donors (Lipinski definition) is 5. The predicted molar refractivity (Wildman–Crippen MR) is 173 cm³/mol. The number of hydrogen-bond acceptors (Lipinski definition) is 11. The third kappa shape index (κ3) is 21.0. The number of carbonyl (C=O) groups is 3. The van der Waals surface area contributed by atoms with Crippen molar-refractivity contribution in [1.29, 1.82) is 0 Å². The summed E-state index contributed by atoms with van der Waals surface area (Å²) in [6.07, 6.45) is 15.7. The van der Waals surface area contributed by atoms with Crippen LogP contribution >= 0.6 is 46.8 Å². The second-order valence-corrected chi connectivity index (χ2v) is 13.6. The second kappa shape index (κ2) is 25.9. The van der Waals surface area contributed by atoms with Gasteiger partial charge in [0.15, 0.2) is 6.23 Å². The Labute approximate surface area is 259 Å². The molecule has 1 saturated heterocycles. The number of ether oxygens (including phenoxy) is 2. The second-order valence-electron chi connectivity index (χ2n) is 9.60. The minimum absolute atomic E-state index is 0.00700. The monoisotopic (exact) mass is 636 g/mol. The summed E-state index contributed by atoms with van der Waals surface area (Å²) in [5.74, 6) is 1.58. The van der Waals surface area contributed by atoms with Gasteiger partial charge in [-0.05, 0) is 56.8 Å². The first kappa shape index (κ1) is 37.2. The number of amides is 1. The minimum Gasteiger partial charge on any atom is -0.496 e. The zero-order valence-corrected chi connectivity index (χ0v) is 26.8. The zero-order valence-electron chi connectivity index (χ0n) is 23.4. The van der Waals surface area contributed by atoms with Crippen molar-refractivity contribution in [3.63, 3.8) is 0 Å². The SMILES string of the molecule is O=CCC(CNC(=O)CCNC(CCCO)OC(=O)CCCCC(S)CCCS)O/C=C/C=C/CC1CCSS1. The molecule has 0 bridgehead atoms. The third-order valence-electron chi connectivity index (χ3n) is 6.09. The van der Waals surface area contributed by atoms with Crippen LogP contribution in [0.4, 0.5) is 0 Å². The Morgan fingerprint density at radius 1 is 1.10 bits per heavy atom. The van der Waals surface area contributed by atoms with Crippen LogP contribution in [0.25, 0.3) is 0 Å². The molecule has 0 aliphatic carbocycles. The van der Waals surface area contributed by atoms with Crippen molar-refractivity contribution < 1.29 is 29.0 Å². The van der Waals surface area contributed by atoms with Gasteiger partial charge in [0, 0.05) is 55.1 Å². The first-order valence-electron chi connectivity index (χ1n) is 14.3. The molecule has 0 saturated carbocycles. The number of aliphatic hydroxyl groups is 1. The number of aldehydes is 1. The number of allylic oxidation sites excluding steroid dienone is 3. The van der Waals surface area contributed by atoms with Gasteiger partial charge >= 0.3 is 5.97 Å². The van der Waals surface area contributed by atoms with Gasteiger partial charge in [0.1, 0.15) is 12.4 Å². The fourth-order valence-electron chi connectivity index (χ4n) is 3.81. The standard InChI is InChI=1S/C28H48N2O6S4/c31-17-6-11-27(36-28(34)12-4-3-8-24(38)9-7-20-37)29-16-13-26(33)30-22-23(14-18-32)35-19-5-1-2-10-25-15-21-39-40-25/h1-2,5,18-19,23-25,27,29,31,37-38H,3-4,6-17,20-22H2,(H,30,33)/b2-1+,19-5+. The molecule has 1 aliphatic rings. The maximum atomic E-state index is 12.3. The topological polar surface area (TPSA) is 114 Å². The van der Waals surface area contributed by atoms with Crippen LogP contribution in [0.1, 0.15) is 77.0 Å². The summed E-state index contributed by atoms with van der Waals surface area (Å²) in [6, 6.07) is 0. The summed E-state index contributed by atoms with van der Waals surface area (Å²) >= 11 is 8.79. The Bertz CT molecular complexity index is 738. The van der Waals surface area contributed by atoms with Crippen molar-refractivity contribution in [2.24, 2.45) is 0 Å². The molecule has 12 heteroatoms. The summed E-state index contributed by atoms with van der Waals surface area (Å²) in [7, 11) is 3.86. The van der Waals surface area contributed by atoms with Crippen LogP contribution in [0.15, 0.2) is 24.5 Å². The van der Waals surface area contributed by atoms with Gasteiger partial charge in [-0.15, -0.1) is 0 Å². The first-order chi connectivity index (χ1) is 19.5. The molecular weight excluding hydrogens is 589 g/mol. The van der Waals surface area contributed by atoms with Crippen LogP contribution in [0.3, 0.4) is 0 Å². The molecule has 40 heavy (non-hydrogen) atoms. The molecule has 1 aliphatic heterocycles. The molecule has 0 radical (unpaired) electrons. The Hall–Kier alpha value is -0.790. The smallest absolute Gasteiger partial charge is 0.307 e. The van der Waals surface area contributed by atoms with Crippen LogP contribution < -0.4 is 10.6 Å². The summed E-state index contributed by atoms with van der Waals surface area (Å²) < 4.78 is 11.2. The molecule has 0 aromatic rings. The molecule has 230 valence electrons. The van der Waals surface area contributed by atoms with E-state index in [2.05, 4.69) is 42.0 Å². The molecule has 4 atom stereocenters. The number of aliphatic hydroxyl groups excluding tert-OH is 1. The first-order valence-corrected chi connectivity index (χ1v) is 17.8. The fraction of sp³-hybridized carbons (Fsp3) is 0.750. The molecule has 0 spiro atoms. The van der Waals surface area contributed by atoms with Gasteiger partial charge in [0.2, 0.25) is 5.91 Å². The maximum absolute atomic E-state index is 12.3. The lowest BCUT2D eigenvalue weighted by Crippen LogP contribution is -2.38. The van der Waals surface area contributed by atoms with Crippen molar-refractivity contribution in [2.45, 2.75) is 99.9 Å². The molecular formula is C28H48N2O6S4. The van der Waals surface area contributed by atoms with Crippen LogP contribution in [-0.4, -0.2) is 77.3 Å². The lowest BCUT2D eigenvalue weighted by Gasteiger charge is -2.19. The number of rotatable bonds is 25. The molecule has 1 fully saturated rings. The predicted octanol–water partition coefficient (Wildman–Crippen LogP) is 4.88. The van der Waals surface area contributed by atoms with E-state index >= 15 is 0 Å². The van der Waals surface area contributed by atoms with E-state index in [1.165, 1.54) is 12.2 Å². The van der Waals surface area contributed by atoms with Crippen LogP contribution in [0, 0.1) is 0 Å². The molecule has 0 aromatic heterocycles. The van der Waals surface area contributed by atoms with Gasteiger partial charge in [-0.3, -0.25) is 14.9 Å². The Morgan fingerprint density at radius 2 is 1.93 bits per heavy atom. The molecule has 1 rings (SSSR count). The van der Waals surface area contributed by atoms with Gasteiger partial charge < -0.3 is 24.7 Å². The van der Waals surface area contributed by atoms with Gasteiger partial charge in [-0.2, -0.15) is 25.3 Å². The summed E-state index contributed by atoms with van der Waals surface area (Å²) in [6.45, 7) is 0.516. The largest absolute Gasteiger partial charge is 0.496 e. The molecule has 3 N–H and O–H groups in total. The highest BCUT2D eigenvalue weighted by Crippen LogP contribution is 2.39. The summed E-state index contributed by atoms with van der Waals surface area (Å²) in [4.78, 5) is 35.6. The average molecular weight is 637 g/mol. The van der Waals surface area contributed by atoms with E-state index in [1.54, 1.807) is 12.3 Å². The average Bonchev–Trinajstić information content (AvgIpc) is 3.46. The van der Waals surface area contributed by atoms with Crippen molar-refractivity contribution >= 4 is 65.0 Å². The number of carbonyl (C=O) groups excluding carboxylic acids is 3. The third-order valence-corrected chi connectivity index (χ3v) is 9.89. The van der Waals surface area contributed by atoms with E-state index in [4.69, 9.17) is 9.47 Å². The Kier molecular flexibility index (Phi) is 24.1. The summed E-state index contributed by atoms with van der Waals surface area (Å²) in [5, 5.41) is 16.1. The Balaban J connectivity index is 2.28. The van der Waals surface area contributed by atoms with Gasteiger partial charge in [-0.1, -0.05) is 40.2 Å². The van der Waals surface area contributed by atoms with E-state index in [9.17, 15) is 19.5 Å². The van der Waals surface area contributed by atoms with Gasteiger partial charge in [0.25, 0.3) is 0 Å². The molecule has 4 unspecified atom stereocenters. The van der Waals surface area contributed by atoms with E-state index in [0.29, 0.717) is 36.3 Å². The van der Waals surface area contributed by atoms with Crippen molar-refractivity contribution in [3.8, 4) is 0 Å². The quantitative estimate of drug-likeness (QED) is 0.0140. The van der Waals surface area contributed by atoms with Crippen molar-refractivity contribution in [3.05, 3.63) is 24.5 Å². The minimum atomic E-state index is -0.559. The fourth-order valence-corrected chi connectivity index (χ4v) is 7.26. The van der Waals surface area contributed by atoms with Crippen LogP contribution in [0.5, 0.6) is 0 Å². The summed E-state index contributed by atoms with van der Waals surface area (Å²) in [5.41, 5.74) is 0. The highest BCUT2D eigenvalue weighted by Gasteiger charge is 2.16. The number of unbranched alkanes of at least 4 members (excludes halogenated alkanes) is 1.